The highest BCUT2D eigenvalue weighted by Gasteiger charge is 2.43. The molecule has 0 bridgehead atoms. The summed E-state index contributed by atoms with van der Waals surface area (Å²) in [6, 6.07) is 0. The molecule has 0 aromatic rings. The zero-order valence-electron chi connectivity index (χ0n) is 9.75. The Bertz CT molecular complexity index is 268. The molecule has 1 aliphatic rings. The summed E-state index contributed by atoms with van der Waals surface area (Å²) in [5, 5.41) is 9.35. The van der Waals surface area contributed by atoms with E-state index in [1.165, 1.54) is 6.92 Å². The van der Waals surface area contributed by atoms with Gasteiger partial charge in [0.05, 0.1) is 6.61 Å². The maximum atomic E-state index is 11.0. The van der Waals surface area contributed by atoms with Crippen molar-refractivity contribution in [2.24, 2.45) is 11.3 Å². The number of hydrogen-bond acceptors (Lipinski definition) is 3. The maximum absolute atomic E-state index is 11.0. The van der Waals surface area contributed by atoms with Crippen LogP contribution in [-0.2, 0) is 9.53 Å². The van der Waals surface area contributed by atoms with Crippen LogP contribution in [-0.4, -0.2) is 23.8 Å². The number of carbonyl (C=O) groups is 1. The van der Waals surface area contributed by atoms with E-state index in [2.05, 4.69) is 6.58 Å². The summed E-state index contributed by atoms with van der Waals surface area (Å²) in [6.07, 6.45) is 1.52. The minimum Gasteiger partial charge on any atom is -0.462 e. The zero-order valence-corrected chi connectivity index (χ0v) is 9.75. The van der Waals surface area contributed by atoms with Crippen LogP contribution >= 0.6 is 0 Å². The molecule has 1 saturated carbocycles. The smallest absolute Gasteiger partial charge is 0.302 e. The molecule has 1 aliphatic carbocycles. The lowest BCUT2D eigenvalue weighted by atomic mass is 9.65. The van der Waals surface area contributed by atoms with E-state index in [1.807, 2.05) is 13.8 Å². The third-order valence-electron chi connectivity index (χ3n) is 3.44. The Morgan fingerprint density at radius 1 is 1.67 bits per heavy atom. The van der Waals surface area contributed by atoms with Crippen LogP contribution in [0.15, 0.2) is 12.2 Å². The lowest BCUT2D eigenvalue weighted by Crippen LogP contribution is -2.45. The van der Waals surface area contributed by atoms with E-state index in [-0.39, 0.29) is 30.0 Å². The second-order valence-electron chi connectivity index (χ2n) is 4.85. The third-order valence-corrected chi connectivity index (χ3v) is 3.44. The minimum atomic E-state index is -0.253. The fourth-order valence-corrected chi connectivity index (χ4v) is 2.39. The average molecular weight is 212 g/mol. The highest BCUT2D eigenvalue weighted by molar-refractivity contribution is 5.66. The molecule has 15 heavy (non-hydrogen) atoms. The number of esters is 1. The van der Waals surface area contributed by atoms with Crippen LogP contribution in [0.25, 0.3) is 0 Å². The van der Waals surface area contributed by atoms with Gasteiger partial charge in [-0.05, 0) is 12.8 Å². The second kappa shape index (κ2) is 4.35. The van der Waals surface area contributed by atoms with E-state index in [9.17, 15) is 9.90 Å². The third kappa shape index (κ3) is 2.40. The van der Waals surface area contributed by atoms with Crippen LogP contribution in [0.4, 0.5) is 0 Å². The number of rotatable bonds is 2. The lowest BCUT2D eigenvalue weighted by Gasteiger charge is -2.44. The van der Waals surface area contributed by atoms with Crippen LogP contribution in [0.1, 0.15) is 33.6 Å². The Kier molecular flexibility index (Phi) is 3.55. The van der Waals surface area contributed by atoms with Crippen molar-refractivity contribution in [3.8, 4) is 0 Å². The van der Waals surface area contributed by atoms with Gasteiger partial charge < -0.3 is 9.84 Å². The molecule has 0 amide bonds. The summed E-state index contributed by atoms with van der Waals surface area (Å²) in [5.41, 5.74) is 0.835. The van der Waals surface area contributed by atoms with Gasteiger partial charge in [0.25, 0.3) is 0 Å². The largest absolute Gasteiger partial charge is 0.462 e. The maximum Gasteiger partial charge on any atom is 0.302 e. The molecule has 3 nitrogen and oxygen atoms in total. The number of hydrogen-bond donors (Lipinski definition) is 1. The highest BCUT2D eigenvalue weighted by atomic mass is 16.5. The van der Waals surface area contributed by atoms with E-state index < -0.39 is 0 Å². The predicted octanol–water partition coefficient (Wildman–Crippen LogP) is 1.90. The second-order valence-corrected chi connectivity index (χ2v) is 4.85. The highest BCUT2D eigenvalue weighted by Crippen LogP contribution is 2.44. The van der Waals surface area contributed by atoms with E-state index >= 15 is 0 Å². The van der Waals surface area contributed by atoms with Crippen LogP contribution in [0, 0.1) is 11.3 Å². The fraction of sp³-hybridized carbons (Fsp3) is 0.750. The molecule has 1 fully saturated rings. The Morgan fingerprint density at radius 2 is 2.27 bits per heavy atom. The number of aliphatic hydroxyl groups is 1. The van der Waals surface area contributed by atoms with Crippen molar-refractivity contribution in [1.29, 1.82) is 0 Å². The van der Waals surface area contributed by atoms with Crippen molar-refractivity contribution >= 4 is 5.97 Å². The van der Waals surface area contributed by atoms with Gasteiger partial charge in [0.1, 0.15) is 6.10 Å². The van der Waals surface area contributed by atoms with Gasteiger partial charge in [-0.15, -0.1) is 0 Å². The number of carbonyl (C=O) groups excluding carboxylic acids is 1. The summed E-state index contributed by atoms with van der Waals surface area (Å²) >= 11 is 0. The summed E-state index contributed by atoms with van der Waals surface area (Å²) in [5.74, 6) is -0.229. The Morgan fingerprint density at radius 3 is 2.73 bits per heavy atom. The Hall–Kier alpha value is -0.830. The summed E-state index contributed by atoms with van der Waals surface area (Å²) in [6.45, 7) is 9.51. The molecule has 1 rings (SSSR count). The normalized spacial score (nSPS) is 30.0. The van der Waals surface area contributed by atoms with Crippen LogP contribution in [0.5, 0.6) is 0 Å². The standard InChI is InChI=1S/C12H20O3/c1-8-5-6-11(15-9(2)14)12(3,4)10(8)7-13/h10-11,13H,1,5-7H2,2-4H3/t10-,11+/m0/s1. The molecule has 86 valence electrons. The molecule has 0 aromatic heterocycles. The van der Waals surface area contributed by atoms with E-state index in [0.717, 1.165) is 18.4 Å². The van der Waals surface area contributed by atoms with Crippen molar-refractivity contribution < 1.29 is 14.6 Å². The van der Waals surface area contributed by atoms with Crippen molar-refractivity contribution in [2.75, 3.05) is 6.61 Å². The van der Waals surface area contributed by atoms with Gasteiger partial charge in [0, 0.05) is 18.3 Å². The van der Waals surface area contributed by atoms with Gasteiger partial charge in [-0.3, -0.25) is 4.79 Å². The van der Waals surface area contributed by atoms with Gasteiger partial charge in [-0.1, -0.05) is 26.0 Å². The summed E-state index contributed by atoms with van der Waals surface area (Å²) in [4.78, 5) is 11.0. The Balaban J connectivity index is 2.83. The molecule has 0 aliphatic heterocycles. The van der Waals surface area contributed by atoms with E-state index in [1.54, 1.807) is 0 Å². The van der Waals surface area contributed by atoms with Gasteiger partial charge >= 0.3 is 5.97 Å². The molecule has 0 spiro atoms. The Labute approximate surface area is 91.1 Å². The first-order chi connectivity index (χ1) is 6.89. The molecule has 0 aromatic carbocycles. The molecule has 3 heteroatoms. The van der Waals surface area contributed by atoms with E-state index in [4.69, 9.17) is 4.74 Å². The van der Waals surface area contributed by atoms with Crippen molar-refractivity contribution in [3.05, 3.63) is 12.2 Å². The molecular formula is C12H20O3. The molecule has 0 heterocycles. The van der Waals surface area contributed by atoms with Crippen LogP contribution < -0.4 is 0 Å². The molecule has 2 atom stereocenters. The van der Waals surface area contributed by atoms with Crippen LogP contribution in [0.3, 0.4) is 0 Å². The monoisotopic (exact) mass is 212 g/mol. The molecule has 1 N–H and O–H groups in total. The predicted molar refractivity (Wildman–Crippen MR) is 58.3 cm³/mol. The van der Waals surface area contributed by atoms with Gasteiger partial charge in [-0.25, -0.2) is 0 Å². The first kappa shape index (κ1) is 12.2. The first-order valence-electron chi connectivity index (χ1n) is 5.35. The minimum absolute atomic E-state index is 0.0237. The van der Waals surface area contributed by atoms with Gasteiger partial charge in [-0.2, -0.15) is 0 Å². The summed E-state index contributed by atoms with van der Waals surface area (Å²) in [7, 11) is 0. The van der Waals surface area contributed by atoms with Crippen molar-refractivity contribution in [3.63, 3.8) is 0 Å². The van der Waals surface area contributed by atoms with Gasteiger partial charge in [0.15, 0.2) is 0 Å². The molecule has 0 saturated heterocycles. The summed E-state index contributed by atoms with van der Waals surface area (Å²) < 4.78 is 5.30. The van der Waals surface area contributed by atoms with Crippen molar-refractivity contribution in [1.82, 2.24) is 0 Å². The number of ether oxygens (including phenoxy) is 1. The molecular weight excluding hydrogens is 192 g/mol. The topological polar surface area (TPSA) is 46.5 Å². The average Bonchev–Trinajstić information content (AvgIpc) is 2.10. The number of aliphatic hydroxyl groups excluding tert-OH is 1. The van der Waals surface area contributed by atoms with Crippen LogP contribution in [0.2, 0.25) is 0 Å². The van der Waals surface area contributed by atoms with E-state index in [0.29, 0.717) is 0 Å². The quantitative estimate of drug-likeness (QED) is 0.561. The zero-order chi connectivity index (χ0) is 11.6. The van der Waals surface area contributed by atoms with Crippen molar-refractivity contribution in [2.45, 2.75) is 39.7 Å². The fourth-order valence-electron chi connectivity index (χ4n) is 2.39. The lowest BCUT2D eigenvalue weighted by molar-refractivity contribution is -0.157. The SMILES string of the molecule is C=C1CC[C@@H](OC(C)=O)C(C)(C)[C@H]1CO. The first-order valence-corrected chi connectivity index (χ1v) is 5.35. The molecule has 0 radical (unpaired) electrons. The molecule has 0 unspecified atom stereocenters. The van der Waals surface area contributed by atoms with Gasteiger partial charge in [0.2, 0.25) is 0 Å².